The number of rotatable bonds is 7. The third-order valence-corrected chi connectivity index (χ3v) is 6.77. The minimum absolute atomic E-state index is 0.193. The standard InChI is InChI=1S/C23H20ClN3O3S/c1-27(20-7-3-2-4-8-20)31(28,29)21-9-5-6-19(14-21)25-16-23-26-15-22(30-23)17-10-12-18(24)13-11-17/h2-15,25H,16H2,1H3. The normalized spacial score (nSPS) is 11.3. The lowest BCUT2D eigenvalue weighted by Crippen LogP contribution is -2.26. The molecule has 6 nitrogen and oxygen atoms in total. The smallest absolute Gasteiger partial charge is 0.264 e. The summed E-state index contributed by atoms with van der Waals surface area (Å²) < 4.78 is 33.0. The number of anilines is 2. The summed E-state index contributed by atoms with van der Waals surface area (Å²) in [5.74, 6) is 1.12. The molecule has 1 aromatic heterocycles. The molecule has 158 valence electrons. The van der Waals surface area contributed by atoms with Crippen LogP contribution in [0.4, 0.5) is 11.4 Å². The van der Waals surface area contributed by atoms with Gasteiger partial charge in [-0.25, -0.2) is 13.4 Å². The number of hydrogen-bond acceptors (Lipinski definition) is 5. The lowest BCUT2D eigenvalue weighted by molar-refractivity contribution is 0.516. The van der Waals surface area contributed by atoms with Gasteiger partial charge in [0.1, 0.15) is 0 Å². The van der Waals surface area contributed by atoms with Crippen LogP contribution < -0.4 is 9.62 Å². The van der Waals surface area contributed by atoms with Crippen LogP contribution in [0.15, 0.2) is 94.4 Å². The summed E-state index contributed by atoms with van der Waals surface area (Å²) in [5, 5.41) is 3.82. The first-order valence-corrected chi connectivity index (χ1v) is 11.3. The molecule has 0 fully saturated rings. The van der Waals surface area contributed by atoms with Crippen LogP contribution in [-0.2, 0) is 16.6 Å². The Balaban J connectivity index is 1.47. The van der Waals surface area contributed by atoms with Crippen LogP contribution in [0.2, 0.25) is 5.02 Å². The number of benzene rings is 3. The molecule has 1 N–H and O–H groups in total. The number of para-hydroxylation sites is 1. The Morgan fingerprint density at radius 2 is 1.74 bits per heavy atom. The van der Waals surface area contributed by atoms with E-state index in [0.29, 0.717) is 34.6 Å². The second kappa shape index (κ2) is 8.83. The molecule has 1 heterocycles. The Hall–Kier alpha value is -3.29. The first-order valence-electron chi connectivity index (χ1n) is 9.52. The van der Waals surface area contributed by atoms with E-state index in [1.54, 1.807) is 66.9 Å². The van der Waals surface area contributed by atoms with Crippen molar-refractivity contribution in [2.75, 3.05) is 16.7 Å². The van der Waals surface area contributed by atoms with Gasteiger partial charge in [-0.2, -0.15) is 0 Å². The second-order valence-corrected chi connectivity index (χ2v) is 9.22. The fraction of sp³-hybridized carbons (Fsp3) is 0.0870. The van der Waals surface area contributed by atoms with Crippen LogP contribution >= 0.6 is 11.6 Å². The number of aromatic nitrogens is 1. The van der Waals surface area contributed by atoms with Crippen molar-refractivity contribution in [3.05, 3.63) is 96.0 Å². The number of nitrogens with zero attached hydrogens (tertiary/aromatic N) is 2. The van der Waals surface area contributed by atoms with E-state index in [1.165, 1.54) is 11.4 Å². The maximum atomic E-state index is 13.0. The highest BCUT2D eigenvalue weighted by Gasteiger charge is 2.21. The van der Waals surface area contributed by atoms with E-state index in [-0.39, 0.29) is 4.90 Å². The van der Waals surface area contributed by atoms with Gasteiger partial charge in [0.25, 0.3) is 10.0 Å². The summed E-state index contributed by atoms with van der Waals surface area (Å²) >= 11 is 5.92. The SMILES string of the molecule is CN(c1ccccc1)S(=O)(=O)c1cccc(NCc2ncc(-c3ccc(Cl)cc3)o2)c1. The predicted molar refractivity (Wildman–Crippen MR) is 123 cm³/mol. The van der Waals surface area contributed by atoms with E-state index in [1.807, 2.05) is 18.2 Å². The Labute approximate surface area is 186 Å². The van der Waals surface area contributed by atoms with Crippen LogP contribution in [0.25, 0.3) is 11.3 Å². The van der Waals surface area contributed by atoms with Crippen molar-refractivity contribution in [1.29, 1.82) is 0 Å². The van der Waals surface area contributed by atoms with Crippen LogP contribution in [-0.4, -0.2) is 20.4 Å². The molecule has 4 aromatic rings. The first-order chi connectivity index (χ1) is 14.9. The number of oxazole rings is 1. The fourth-order valence-corrected chi connectivity index (χ4v) is 4.39. The molecule has 8 heteroatoms. The fourth-order valence-electron chi connectivity index (χ4n) is 3.02. The van der Waals surface area contributed by atoms with Gasteiger partial charge in [-0.3, -0.25) is 4.31 Å². The lowest BCUT2D eigenvalue weighted by Gasteiger charge is -2.19. The molecule has 0 atom stereocenters. The number of halogens is 1. The third-order valence-electron chi connectivity index (χ3n) is 4.74. The largest absolute Gasteiger partial charge is 0.439 e. The van der Waals surface area contributed by atoms with E-state index in [4.69, 9.17) is 16.0 Å². The van der Waals surface area contributed by atoms with Gasteiger partial charge < -0.3 is 9.73 Å². The maximum absolute atomic E-state index is 13.0. The number of nitrogens with one attached hydrogen (secondary N) is 1. The Morgan fingerprint density at radius 3 is 2.48 bits per heavy atom. The van der Waals surface area contributed by atoms with E-state index in [9.17, 15) is 8.42 Å². The van der Waals surface area contributed by atoms with Crippen molar-refractivity contribution in [3.63, 3.8) is 0 Å². The molecule has 3 aromatic carbocycles. The van der Waals surface area contributed by atoms with Crippen LogP contribution in [0.1, 0.15) is 5.89 Å². The van der Waals surface area contributed by atoms with Crippen molar-refractivity contribution in [3.8, 4) is 11.3 Å². The van der Waals surface area contributed by atoms with Gasteiger partial charge in [0.15, 0.2) is 5.76 Å². The Bertz CT molecular complexity index is 1270. The Kier molecular flexibility index (Phi) is 5.97. The van der Waals surface area contributed by atoms with Gasteiger partial charge in [-0.1, -0.05) is 35.9 Å². The summed E-state index contributed by atoms with van der Waals surface area (Å²) in [6.45, 7) is 0.311. The summed E-state index contributed by atoms with van der Waals surface area (Å²) in [7, 11) is -2.15. The van der Waals surface area contributed by atoms with Gasteiger partial charge in [-0.15, -0.1) is 0 Å². The highest BCUT2D eigenvalue weighted by Crippen LogP contribution is 2.25. The quantitative estimate of drug-likeness (QED) is 0.403. The summed E-state index contributed by atoms with van der Waals surface area (Å²) in [6.07, 6.45) is 1.65. The van der Waals surface area contributed by atoms with Crippen LogP contribution in [0, 0.1) is 0 Å². The molecule has 31 heavy (non-hydrogen) atoms. The summed E-state index contributed by atoms with van der Waals surface area (Å²) in [4.78, 5) is 4.47. The van der Waals surface area contributed by atoms with Crippen molar-refractivity contribution < 1.29 is 12.8 Å². The molecule has 0 aliphatic rings. The molecule has 4 rings (SSSR count). The molecule has 0 spiro atoms. The number of hydrogen-bond donors (Lipinski definition) is 1. The zero-order valence-corrected chi connectivity index (χ0v) is 18.3. The van der Waals surface area contributed by atoms with Crippen LogP contribution in [0.5, 0.6) is 0 Å². The van der Waals surface area contributed by atoms with Crippen molar-refractivity contribution in [2.45, 2.75) is 11.4 Å². The number of sulfonamides is 1. The Morgan fingerprint density at radius 1 is 1.00 bits per heavy atom. The predicted octanol–water partition coefficient (Wildman–Crippen LogP) is 5.43. The molecular weight excluding hydrogens is 434 g/mol. The maximum Gasteiger partial charge on any atom is 0.264 e. The van der Waals surface area contributed by atoms with Crippen molar-refractivity contribution in [1.82, 2.24) is 4.98 Å². The van der Waals surface area contributed by atoms with Gasteiger partial charge in [-0.05, 0) is 54.6 Å². The molecule has 0 radical (unpaired) electrons. The van der Waals surface area contributed by atoms with Gasteiger partial charge in [0, 0.05) is 23.3 Å². The molecule has 0 saturated carbocycles. The molecule has 0 aliphatic heterocycles. The average Bonchev–Trinajstić information content (AvgIpc) is 3.27. The minimum atomic E-state index is -3.69. The average molecular weight is 454 g/mol. The molecule has 0 unspecified atom stereocenters. The highest BCUT2D eigenvalue weighted by molar-refractivity contribution is 7.92. The molecule has 0 bridgehead atoms. The van der Waals surface area contributed by atoms with E-state index in [2.05, 4.69) is 10.3 Å². The zero-order chi connectivity index (χ0) is 21.8. The van der Waals surface area contributed by atoms with E-state index < -0.39 is 10.0 Å². The molecule has 0 saturated heterocycles. The van der Waals surface area contributed by atoms with Gasteiger partial charge in [0.2, 0.25) is 5.89 Å². The lowest BCUT2D eigenvalue weighted by atomic mass is 10.2. The third kappa shape index (κ3) is 4.73. The zero-order valence-electron chi connectivity index (χ0n) is 16.7. The topological polar surface area (TPSA) is 75.4 Å². The van der Waals surface area contributed by atoms with E-state index >= 15 is 0 Å². The molecule has 0 amide bonds. The minimum Gasteiger partial charge on any atom is -0.439 e. The highest BCUT2D eigenvalue weighted by atomic mass is 35.5. The monoisotopic (exact) mass is 453 g/mol. The van der Waals surface area contributed by atoms with Gasteiger partial charge >= 0.3 is 0 Å². The summed E-state index contributed by atoms with van der Waals surface area (Å²) in [5.41, 5.74) is 2.12. The molecule has 0 aliphatic carbocycles. The van der Waals surface area contributed by atoms with Crippen molar-refractivity contribution in [2.24, 2.45) is 0 Å². The van der Waals surface area contributed by atoms with Crippen LogP contribution in [0.3, 0.4) is 0 Å². The van der Waals surface area contributed by atoms with E-state index in [0.717, 1.165) is 5.56 Å². The first kappa shape index (κ1) is 21.0. The molecular formula is C23H20ClN3O3S. The second-order valence-electron chi connectivity index (χ2n) is 6.81. The summed E-state index contributed by atoms with van der Waals surface area (Å²) in [6, 6.07) is 22.9. The van der Waals surface area contributed by atoms with Gasteiger partial charge in [0.05, 0.1) is 23.3 Å². The van der Waals surface area contributed by atoms with Crippen molar-refractivity contribution >= 4 is 33.0 Å².